The molecule has 6 heteroatoms. The number of thioether (sulfide) groups is 1. The Morgan fingerprint density at radius 1 is 1.25 bits per heavy atom. The van der Waals surface area contributed by atoms with Gasteiger partial charge in [-0.3, -0.25) is 9.78 Å². The van der Waals surface area contributed by atoms with E-state index in [1.54, 1.807) is 24.4 Å². The van der Waals surface area contributed by atoms with Crippen molar-refractivity contribution in [1.29, 1.82) is 5.26 Å². The molecule has 1 heterocycles. The molecule has 1 N–H and O–H groups in total. The molecule has 4 nitrogen and oxygen atoms in total. The van der Waals surface area contributed by atoms with Crippen LogP contribution in [0.25, 0.3) is 10.9 Å². The monoisotopic (exact) mass is 353 g/mol. The van der Waals surface area contributed by atoms with Gasteiger partial charge < -0.3 is 5.32 Å². The van der Waals surface area contributed by atoms with Gasteiger partial charge in [0.2, 0.25) is 5.91 Å². The largest absolute Gasteiger partial charge is 0.324 e. The van der Waals surface area contributed by atoms with Gasteiger partial charge in [-0.2, -0.15) is 5.26 Å². The van der Waals surface area contributed by atoms with E-state index in [1.807, 2.05) is 36.4 Å². The molecule has 0 unspecified atom stereocenters. The van der Waals surface area contributed by atoms with E-state index in [0.717, 1.165) is 15.8 Å². The zero-order valence-corrected chi connectivity index (χ0v) is 14.1. The SMILES string of the molecule is N#Cc1ccc(Cl)cc1NC(=O)CSc1cccc2cccnc12. The molecule has 0 aliphatic heterocycles. The molecule has 118 valence electrons. The van der Waals surface area contributed by atoms with Crippen LogP contribution in [0.15, 0.2) is 59.6 Å². The Balaban J connectivity index is 1.72. The number of hydrogen-bond acceptors (Lipinski definition) is 4. The number of nitrogens with one attached hydrogen (secondary N) is 1. The summed E-state index contributed by atoms with van der Waals surface area (Å²) in [6.07, 6.45) is 1.73. The quantitative estimate of drug-likeness (QED) is 0.702. The molecule has 0 saturated carbocycles. The zero-order chi connectivity index (χ0) is 16.9. The lowest BCUT2D eigenvalue weighted by Gasteiger charge is -2.08. The third-order valence-electron chi connectivity index (χ3n) is 3.33. The number of benzene rings is 2. The van der Waals surface area contributed by atoms with Crippen molar-refractivity contribution in [2.24, 2.45) is 0 Å². The molecule has 3 rings (SSSR count). The summed E-state index contributed by atoms with van der Waals surface area (Å²) in [5, 5.41) is 13.3. The van der Waals surface area contributed by atoms with Gasteiger partial charge >= 0.3 is 0 Å². The molecule has 3 aromatic rings. The molecule has 2 aromatic carbocycles. The Bertz CT molecular complexity index is 947. The molecule has 0 aliphatic rings. The van der Waals surface area contributed by atoms with Crippen LogP contribution >= 0.6 is 23.4 Å². The lowest BCUT2D eigenvalue weighted by molar-refractivity contribution is -0.113. The lowest BCUT2D eigenvalue weighted by Crippen LogP contribution is -2.15. The van der Waals surface area contributed by atoms with Gasteiger partial charge in [0.1, 0.15) is 6.07 Å². The molecule has 1 amide bonds. The summed E-state index contributed by atoms with van der Waals surface area (Å²) in [6, 6.07) is 16.5. The minimum atomic E-state index is -0.202. The number of anilines is 1. The third kappa shape index (κ3) is 3.67. The van der Waals surface area contributed by atoms with Gasteiger partial charge in [0.15, 0.2) is 0 Å². The van der Waals surface area contributed by atoms with Gasteiger partial charge in [-0.15, -0.1) is 11.8 Å². The van der Waals surface area contributed by atoms with Gasteiger partial charge in [0.25, 0.3) is 0 Å². The number of aromatic nitrogens is 1. The van der Waals surface area contributed by atoms with E-state index in [9.17, 15) is 4.79 Å². The van der Waals surface area contributed by atoms with Crippen molar-refractivity contribution in [1.82, 2.24) is 4.98 Å². The smallest absolute Gasteiger partial charge is 0.234 e. The first-order valence-electron chi connectivity index (χ1n) is 7.13. The van der Waals surface area contributed by atoms with E-state index in [-0.39, 0.29) is 11.7 Å². The van der Waals surface area contributed by atoms with Crippen molar-refractivity contribution in [2.75, 3.05) is 11.1 Å². The number of nitriles is 1. The van der Waals surface area contributed by atoms with Crippen LogP contribution in [0.2, 0.25) is 5.02 Å². The highest BCUT2D eigenvalue weighted by molar-refractivity contribution is 8.00. The normalized spacial score (nSPS) is 10.3. The summed E-state index contributed by atoms with van der Waals surface area (Å²) < 4.78 is 0. The molecule has 24 heavy (non-hydrogen) atoms. The number of halogens is 1. The fourth-order valence-corrected chi connectivity index (χ4v) is 3.25. The first kappa shape index (κ1) is 16.3. The summed E-state index contributed by atoms with van der Waals surface area (Å²) in [7, 11) is 0. The molecule has 0 aliphatic carbocycles. The van der Waals surface area contributed by atoms with Gasteiger partial charge in [0.05, 0.1) is 22.5 Å². The second-order valence-corrected chi connectivity index (χ2v) is 6.42. The molecular formula is C18H12ClN3OS. The van der Waals surface area contributed by atoms with Crippen molar-refractivity contribution in [3.05, 3.63) is 65.3 Å². The zero-order valence-electron chi connectivity index (χ0n) is 12.5. The maximum absolute atomic E-state index is 12.2. The number of rotatable bonds is 4. The highest BCUT2D eigenvalue weighted by Crippen LogP contribution is 2.26. The molecule has 0 radical (unpaired) electrons. The first-order chi connectivity index (χ1) is 11.7. The Labute approximate surface area is 148 Å². The molecule has 0 bridgehead atoms. The van der Waals surface area contributed by atoms with E-state index in [0.29, 0.717) is 16.3 Å². The molecule has 0 fully saturated rings. The predicted octanol–water partition coefficient (Wildman–Crippen LogP) is 4.49. The first-order valence-corrected chi connectivity index (χ1v) is 8.50. The van der Waals surface area contributed by atoms with Crippen LogP contribution in [0.1, 0.15) is 5.56 Å². The number of amides is 1. The van der Waals surface area contributed by atoms with Gasteiger partial charge in [-0.25, -0.2) is 0 Å². The number of para-hydroxylation sites is 1. The lowest BCUT2D eigenvalue weighted by atomic mass is 10.2. The number of hydrogen-bond donors (Lipinski definition) is 1. The van der Waals surface area contributed by atoms with Crippen molar-refractivity contribution in [2.45, 2.75) is 4.90 Å². The van der Waals surface area contributed by atoms with Crippen LogP contribution < -0.4 is 5.32 Å². The van der Waals surface area contributed by atoms with Crippen molar-refractivity contribution in [3.63, 3.8) is 0 Å². The molecule has 0 spiro atoms. The summed E-state index contributed by atoms with van der Waals surface area (Å²) in [5.41, 5.74) is 1.68. The van der Waals surface area contributed by atoms with E-state index in [4.69, 9.17) is 16.9 Å². The number of fused-ring (bicyclic) bond motifs is 1. The van der Waals surface area contributed by atoms with E-state index < -0.39 is 0 Å². The van der Waals surface area contributed by atoms with Crippen molar-refractivity contribution >= 4 is 45.9 Å². The fourth-order valence-electron chi connectivity index (χ4n) is 2.24. The van der Waals surface area contributed by atoms with Crippen LogP contribution in [0, 0.1) is 11.3 Å². The Morgan fingerprint density at radius 2 is 2.08 bits per heavy atom. The number of pyridine rings is 1. The van der Waals surface area contributed by atoms with Crippen LogP contribution in [0.5, 0.6) is 0 Å². The van der Waals surface area contributed by atoms with Gasteiger partial charge in [0, 0.05) is 21.5 Å². The summed E-state index contributed by atoms with van der Waals surface area (Å²) in [6.45, 7) is 0. The number of nitrogens with zero attached hydrogens (tertiary/aromatic N) is 2. The highest BCUT2D eigenvalue weighted by atomic mass is 35.5. The maximum atomic E-state index is 12.2. The average molecular weight is 354 g/mol. The highest BCUT2D eigenvalue weighted by Gasteiger charge is 2.10. The minimum absolute atomic E-state index is 0.202. The topological polar surface area (TPSA) is 65.8 Å². The molecule has 1 aromatic heterocycles. The van der Waals surface area contributed by atoms with Gasteiger partial charge in [-0.05, 0) is 30.3 Å². The predicted molar refractivity (Wildman–Crippen MR) is 97.3 cm³/mol. The average Bonchev–Trinajstić information content (AvgIpc) is 2.60. The third-order valence-corrected chi connectivity index (χ3v) is 4.61. The van der Waals surface area contributed by atoms with Crippen molar-refractivity contribution in [3.8, 4) is 6.07 Å². The summed E-state index contributed by atoms with van der Waals surface area (Å²) >= 11 is 7.33. The molecular weight excluding hydrogens is 342 g/mol. The second kappa shape index (κ2) is 7.35. The van der Waals surface area contributed by atoms with Crippen molar-refractivity contribution < 1.29 is 4.79 Å². The number of carbonyl (C=O) groups excluding carboxylic acids is 1. The van der Waals surface area contributed by atoms with E-state index >= 15 is 0 Å². The standard InChI is InChI=1S/C18H12ClN3OS/c19-14-7-6-13(10-20)15(9-14)22-17(23)11-24-16-5-1-3-12-4-2-8-21-18(12)16/h1-9H,11H2,(H,22,23). The number of carbonyl (C=O) groups is 1. The molecule has 0 atom stereocenters. The van der Waals surface area contributed by atoms with E-state index in [2.05, 4.69) is 10.3 Å². The van der Waals surface area contributed by atoms with Crippen LogP contribution in [-0.4, -0.2) is 16.6 Å². The fraction of sp³-hybridized carbons (Fsp3) is 0.0556. The summed E-state index contributed by atoms with van der Waals surface area (Å²) in [4.78, 5) is 17.5. The van der Waals surface area contributed by atoms with Crippen LogP contribution in [0.4, 0.5) is 5.69 Å². The molecule has 0 saturated heterocycles. The Hall–Kier alpha value is -2.55. The van der Waals surface area contributed by atoms with E-state index in [1.165, 1.54) is 11.8 Å². The Morgan fingerprint density at radius 3 is 2.92 bits per heavy atom. The van der Waals surface area contributed by atoms with Gasteiger partial charge in [-0.1, -0.05) is 29.8 Å². The van der Waals surface area contributed by atoms with Crippen LogP contribution in [0.3, 0.4) is 0 Å². The second-order valence-electron chi connectivity index (χ2n) is 4.97. The maximum Gasteiger partial charge on any atom is 0.234 e. The minimum Gasteiger partial charge on any atom is -0.324 e. The van der Waals surface area contributed by atoms with Crippen LogP contribution in [-0.2, 0) is 4.79 Å². The summed E-state index contributed by atoms with van der Waals surface area (Å²) in [5.74, 6) is 0.0132. The Kier molecular flexibility index (Phi) is 4.99.